The van der Waals surface area contributed by atoms with Gasteiger partial charge in [-0.15, -0.1) is 0 Å². The molecule has 0 N–H and O–H groups in total. The molecule has 1 amide bonds. The summed E-state index contributed by atoms with van der Waals surface area (Å²) in [5.74, 6) is 1.75. The van der Waals surface area contributed by atoms with E-state index in [2.05, 4.69) is 9.88 Å². The van der Waals surface area contributed by atoms with Crippen molar-refractivity contribution in [1.82, 2.24) is 14.8 Å². The SMILES string of the molecule is O=C(CC1CCCC1)N1CCN(Cc2nc3ccccc3o2)CC1. The van der Waals surface area contributed by atoms with Crippen LogP contribution < -0.4 is 0 Å². The Balaban J connectivity index is 1.28. The average Bonchev–Trinajstić information content (AvgIpc) is 3.24. The molecule has 4 rings (SSSR count). The summed E-state index contributed by atoms with van der Waals surface area (Å²) in [4.78, 5) is 21.3. The van der Waals surface area contributed by atoms with Crippen molar-refractivity contribution in [2.45, 2.75) is 38.6 Å². The first-order valence-electron chi connectivity index (χ1n) is 9.12. The molecular formula is C19H25N3O2. The van der Waals surface area contributed by atoms with Crippen molar-refractivity contribution >= 4 is 17.0 Å². The Morgan fingerprint density at radius 1 is 1.12 bits per heavy atom. The van der Waals surface area contributed by atoms with Crippen molar-refractivity contribution in [3.05, 3.63) is 30.2 Å². The summed E-state index contributed by atoms with van der Waals surface area (Å²) >= 11 is 0. The highest BCUT2D eigenvalue weighted by Gasteiger charge is 2.25. The first-order chi connectivity index (χ1) is 11.8. The lowest BCUT2D eigenvalue weighted by Gasteiger charge is -2.34. The molecule has 0 atom stereocenters. The topological polar surface area (TPSA) is 49.6 Å². The minimum Gasteiger partial charge on any atom is -0.439 e. The molecule has 2 heterocycles. The monoisotopic (exact) mass is 327 g/mol. The van der Waals surface area contributed by atoms with Gasteiger partial charge in [-0.05, 0) is 30.9 Å². The highest BCUT2D eigenvalue weighted by Crippen LogP contribution is 2.28. The van der Waals surface area contributed by atoms with E-state index in [1.165, 1.54) is 25.7 Å². The second kappa shape index (κ2) is 6.93. The number of para-hydroxylation sites is 2. The van der Waals surface area contributed by atoms with Crippen LogP contribution in [0.4, 0.5) is 0 Å². The predicted octanol–water partition coefficient (Wildman–Crippen LogP) is 3.05. The van der Waals surface area contributed by atoms with E-state index in [1.54, 1.807) is 0 Å². The zero-order chi connectivity index (χ0) is 16.4. The lowest BCUT2D eigenvalue weighted by atomic mass is 10.0. The maximum atomic E-state index is 12.4. The number of amides is 1. The van der Waals surface area contributed by atoms with Gasteiger partial charge >= 0.3 is 0 Å². The van der Waals surface area contributed by atoms with E-state index in [4.69, 9.17) is 4.42 Å². The Kier molecular flexibility index (Phi) is 4.52. The quantitative estimate of drug-likeness (QED) is 0.866. The highest BCUT2D eigenvalue weighted by atomic mass is 16.3. The number of hydrogen-bond acceptors (Lipinski definition) is 4. The van der Waals surface area contributed by atoms with E-state index in [-0.39, 0.29) is 0 Å². The summed E-state index contributed by atoms with van der Waals surface area (Å²) in [6, 6.07) is 7.86. The van der Waals surface area contributed by atoms with Crippen molar-refractivity contribution in [3.8, 4) is 0 Å². The molecule has 2 aromatic rings. The van der Waals surface area contributed by atoms with Gasteiger partial charge in [0.2, 0.25) is 11.8 Å². The van der Waals surface area contributed by atoms with Gasteiger partial charge in [0, 0.05) is 32.6 Å². The Labute approximate surface area is 142 Å². The summed E-state index contributed by atoms with van der Waals surface area (Å²) in [6.07, 6.45) is 5.84. The summed E-state index contributed by atoms with van der Waals surface area (Å²) in [5, 5.41) is 0. The molecule has 0 spiro atoms. The maximum Gasteiger partial charge on any atom is 0.222 e. The molecule has 0 radical (unpaired) electrons. The number of aromatic nitrogens is 1. The van der Waals surface area contributed by atoms with Crippen molar-refractivity contribution in [2.75, 3.05) is 26.2 Å². The second-order valence-electron chi connectivity index (χ2n) is 7.09. The van der Waals surface area contributed by atoms with E-state index in [9.17, 15) is 4.79 Å². The minimum absolute atomic E-state index is 0.350. The van der Waals surface area contributed by atoms with E-state index < -0.39 is 0 Å². The van der Waals surface area contributed by atoms with Crippen molar-refractivity contribution in [2.24, 2.45) is 5.92 Å². The molecule has 1 aromatic carbocycles. The van der Waals surface area contributed by atoms with Gasteiger partial charge < -0.3 is 9.32 Å². The van der Waals surface area contributed by atoms with Gasteiger partial charge in [0.25, 0.3) is 0 Å². The van der Waals surface area contributed by atoms with E-state index in [1.807, 2.05) is 29.2 Å². The third-order valence-electron chi connectivity index (χ3n) is 5.36. The van der Waals surface area contributed by atoms with Gasteiger partial charge in [0.05, 0.1) is 6.54 Å². The van der Waals surface area contributed by atoms with Crippen LogP contribution in [0.2, 0.25) is 0 Å². The number of rotatable bonds is 4. The molecule has 2 aliphatic rings. The molecule has 5 nitrogen and oxygen atoms in total. The first-order valence-corrected chi connectivity index (χ1v) is 9.12. The number of nitrogens with zero attached hydrogens (tertiary/aromatic N) is 3. The first kappa shape index (κ1) is 15.6. The normalized spacial score (nSPS) is 20.1. The van der Waals surface area contributed by atoms with Crippen LogP contribution in [-0.2, 0) is 11.3 Å². The van der Waals surface area contributed by atoms with Crippen LogP contribution in [0.1, 0.15) is 38.0 Å². The smallest absolute Gasteiger partial charge is 0.222 e. The van der Waals surface area contributed by atoms with Gasteiger partial charge in [-0.2, -0.15) is 0 Å². The number of carbonyl (C=O) groups is 1. The molecule has 0 unspecified atom stereocenters. The number of oxazole rings is 1. The Hall–Kier alpha value is -1.88. The van der Waals surface area contributed by atoms with Gasteiger partial charge in [-0.25, -0.2) is 4.98 Å². The predicted molar refractivity (Wildman–Crippen MR) is 92.4 cm³/mol. The molecule has 24 heavy (non-hydrogen) atoms. The van der Waals surface area contributed by atoms with Gasteiger partial charge in [0.1, 0.15) is 5.52 Å². The van der Waals surface area contributed by atoms with Crippen LogP contribution in [0.5, 0.6) is 0 Å². The van der Waals surface area contributed by atoms with Crippen molar-refractivity contribution < 1.29 is 9.21 Å². The zero-order valence-electron chi connectivity index (χ0n) is 14.1. The molecule has 1 saturated heterocycles. The molecule has 1 aliphatic carbocycles. The molecule has 1 saturated carbocycles. The van der Waals surface area contributed by atoms with Crippen molar-refractivity contribution in [3.63, 3.8) is 0 Å². The fourth-order valence-electron chi connectivity index (χ4n) is 3.92. The lowest BCUT2D eigenvalue weighted by Crippen LogP contribution is -2.48. The third kappa shape index (κ3) is 3.46. The summed E-state index contributed by atoms with van der Waals surface area (Å²) in [5.41, 5.74) is 1.76. The fourth-order valence-corrected chi connectivity index (χ4v) is 3.92. The number of fused-ring (bicyclic) bond motifs is 1. The molecule has 1 aliphatic heterocycles. The number of benzene rings is 1. The van der Waals surface area contributed by atoms with Crippen LogP contribution in [0.3, 0.4) is 0 Å². The van der Waals surface area contributed by atoms with E-state index in [0.717, 1.165) is 56.1 Å². The standard InChI is InChI=1S/C19H25N3O2/c23-19(13-15-5-1-2-6-15)22-11-9-21(10-12-22)14-18-20-16-7-3-4-8-17(16)24-18/h3-4,7-8,15H,1-2,5-6,9-14H2. The molecule has 1 aromatic heterocycles. The van der Waals surface area contributed by atoms with Crippen LogP contribution in [0.25, 0.3) is 11.1 Å². The second-order valence-corrected chi connectivity index (χ2v) is 7.09. The van der Waals surface area contributed by atoms with Gasteiger partial charge in [-0.3, -0.25) is 9.69 Å². The molecular weight excluding hydrogens is 302 g/mol. The van der Waals surface area contributed by atoms with Crippen LogP contribution >= 0.6 is 0 Å². The lowest BCUT2D eigenvalue weighted by molar-refractivity contribution is -0.134. The number of carbonyl (C=O) groups excluding carboxylic acids is 1. The van der Waals surface area contributed by atoms with Crippen LogP contribution in [0.15, 0.2) is 28.7 Å². The number of piperazine rings is 1. The summed E-state index contributed by atoms with van der Waals surface area (Å²) < 4.78 is 5.80. The number of hydrogen-bond donors (Lipinski definition) is 0. The van der Waals surface area contributed by atoms with Gasteiger partial charge in [0.15, 0.2) is 5.58 Å². The Bertz CT molecular complexity index is 664. The van der Waals surface area contributed by atoms with Crippen LogP contribution in [-0.4, -0.2) is 46.9 Å². The molecule has 5 heteroatoms. The fraction of sp³-hybridized carbons (Fsp3) is 0.579. The summed E-state index contributed by atoms with van der Waals surface area (Å²) in [6.45, 7) is 4.17. The summed E-state index contributed by atoms with van der Waals surface area (Å²) in [7, 11) is 0. The van der Waals surface area contributed by atoms with E-state index in [0.29, 0.717) is 11.8 Å². The maximum absolute atomic E-state index is 12.4. The van der Waals surface area contributed by atoms with E-state index >= 15 is 0 Å². The zero-order valence-corrected chi connectivity index (χ0v) is 14.1. The molecule has 0 bridgehead atoms. The van der Waals surface area contributed by atoms with Crippen molar-refractivity contribution in [1.29, 1.82) is 0 Å². The largest absolute Gasteiger partial charge is 0.439 e. The highest BCUT2D eigenvalue weighted by molar-refractivity contribution is 5.76. The Morgan fingerprint density at radius 3 is 2.62 bits per heavy atom. The van der Waals surface area contributed by atoms with Crippen LogP contribution in [0, 0.1) is 5.92 Å². The molecule has 2 fully saturated rings. The average molecular weight is 327 g/mol. The third-order valence-corrected chi connectivity index (χ3v) is 5.36. The molecule has 128 valence electrons. The Morgan fingerprint density at radius 2 is 1.88 bits per heavy atom. The minimum atomic E-state index is 0.350. The van der Waals surface area contributed by atoms with Gasteiger partial charge in [-0.1, -0.05) is 25.0 Å².